The Balaban J connectivity index is 1.35. The van der Waals surface area contributed by atoms with Gasteiger partial charge in [-0.25, -0.2) is 4.39 Å². The monoisotopic (exact) mass is 420 g/mol. The van der Waals surface area contributed by atoms with Gasteiger partial charge in [-0.1, -0.05) is 0 Å². The average molecular weight is 421 g/mol. The molecule has 166 valence electrons. The first kappa shape index (κ1) is 22.5. The smallest absolute Gasteiger partial charge is 0.236 e. The highest BCUT2D eigenvalue weighted by Gasteiger charge is 2.28. The Labute approximate surface area is 178 Å². The third kappa shape index (κ3) is 6.40. The lowest BCUT2D eigenvalue weighted by Crippen LogP contribution is -2.52. The number of methoxy groups -OCH3 is 1. The number of piperidine rings is 1. The second-order valence-electron chi connectivity index (χ2n) is 8.03. The first-order valence-corrected chi connectivity index (χ1v) is 10.8. The van der Waals surface area contributed by atoms with E-state index in [1.807, 2.05) is 4.90 Å². The second kappa shape index (κ2) is 11.3. The highest BCUT2D eigenvalue weighted by atomic mass is 19.1. The van der Waals surface area contributed by atoms with Gasteiger partial charge in [0, 0.05) is 58.0 Å². The Hall–Kier alpha value is -2.19. The Morgan fingerprint density at radius 3 is 2.37 bits per heavy atom. The number of piperazine rings is 1. The molecule has 0 unspecified atom stereocenters. The summed E-state index contributed by atoms with van der Waals surface area (Å²) in [4.78, 5) is 31.2. The molecule has 0 atom stereocenters. The minimum absolute atomic E-state index is 0.0400. The van der Waals surface area contributed by atoms with Crippen molar-refractivity contribution >= 4 is 17.5 Å². The molecule has 0 aromatic heterocycles. The largest absolute Gasteiger partial charge is 0.385 e. The maximum absolute atomic E-state index is 13.1. The van der Waals surface area contributed by atoms with Crippen LogP contribution in [-0.4, -0.2) is 87.7 Å². The molecule has 0 spiro atoms. The molecule has 2 aliphatic rings. The molecule has 1 aromatic rings. The molecule has 0 radical (unpaired) electrons. The van der Waals surface area contributed by atoms with Crippen molar-refractivity contribution < 1.29 is 18.7 Å². The van der Waals surface area contributed by atoms with Gasteiger partial charge in [0.25, 0.3) is 0 Å². The molecule has 7 nitrogen and oxygen atoms in total. The van der Waals surface area contributed by atoms with Crippen LogP contribution in [0.2, 0.25) is 0 Å². The van der Waals surface area contributed by atoms with Gasteiger partial charge in [-0.3, -0.25) is 14.5 Å². The SMILES string of the molecule is COCCCNC(=O)C1CCN(CC(=O)N2CCN(c3ccc(F)cc3)CC2)CC1. The van der Waals surface area contributed by atoms with Crippen molar-refractivity contribution in [2.45, 2.75) is 19.3 Å². The third-order valence-electron chi connectivity index (χ3n) is 5.97. The molecule has 2 saturated heterocycles. The minimum atomic E-state index is -0.236. The number of nitrogens with one attached hydrogen (secondary N) is 1. The zero-order valence-corrected chi connectivity index (χ0v) is 17.8. The predicted octanol–water partition coefficient (Wildman–Crippen LogP) is 1.34. The van der Waals surface area contributed by atoms with E-state index >= 15 is 0 Å². The Bertz CT molecular complexity index is 684. The maximum atomic E-state index is 13.1. The van der Waals surface area contributed by atoms with Crippen molar-refractivity contribution in [3.8, 4) is 0 Å². The molecule has 2 amide bonds. The average Bonchev–Trinajstić information content (AvgIpc) is 2.78. The van der Waals surface area contributed by atoms with Crippen LogP contribution in [0.3, 0.4) is 0 Å². The molecule has 0 bridgehead atoms. The van der Waals surface area contributed by atoms with Crippen LogP contribution in [-0.2, 0) is 14.3 Å². The van der Waals surface area contributed by atoms with E-state index in [1.54, 1.807) is 19.2 Å². The van der Waals surface area contributed by atoms with Gasteiger partial charge >= 0.3 is 0 Å². The van der Waals surface area contributed by atoms with Crippen LogP contribution in [0.15, 0.2) is 24.3 Å². The lowest BCUT2D eigenvalue weighted by atomic mass is 9.96. The fourth-order valence-electron chi connectivity index (χ4n) is 4.08. The lowest BCUT2D eigenvalue weighted by Gasteiger charge is -2.38. The minimum Gasteiger partial charge on any atom is -0.385 e. The number of halogens is 1. The normalized spacial score (nSPS) is 18.5. The van der Waals surface area contributed by atoms with E-state index in [0.29, 0.717) is 32.8 Å². The number of anilines is 1. The summed E-state index contributed by atoms with van der Waals surface area (Å²) < 4.78 is 18.1. The van der Waals surface area contributed by atoms with Crippen molar-refractivity contribution in [3.05, 3.63) is 30.1 Å². The number of amides is 2. The van der Waals surface area contributed by atoms with E-state index < -0.39 is 0 Å². The lowest BCUT2D eigenvalue weighted by molar-refractivity contribution is -0.133. The molecule has 2 heterocycles. The summed E-state index contributed by atoms with van der Waals surface area (Å²) in [7, 11) is 1.66. The molecule has 2 fully saturated rings. The first-order chi connectivity index (χ1) is 14.6. The Morgan fingerprint density at radius 2 is 1.73 bits per heavy atom. The van der Waals surface area contributed by atoms with Crippen LogP contribution in [0.1, 0.15) is 19.3 Å². The van der Waals surface area contributed by atoms with E-state index in [0.717, 1.165) is 51.1 Å². The van der Waals surface area contributed by atoms with Crippen LogP contribution in [0.4, 0.5) is 10.1 Å². The number of hydrogen-bond donors (Lipinski definition) is 1. The van der Waals surface area contributed by atoms with E-state index in [-0.39, 0.29) is 23.5 Å². The van der Waals surface area contributed by atoms with Gasteiger partial charge in [0.2, 0.25) is 11.8 Å². The number of hydrogen-bond acceptors (Lipinski definition) is 5. The van der Waals surface area contributed by atoms with Gasteiger partial charge in [0.05, 0.1) is 6.54 Å². The molecule has 2 aliphatic heterocycles. The van der Waals surface area contributed by atoms with Gasteiger partial charge in [-0.2, -0.15) is 0 Å². The van der Waals surface area contributed by atoms with Crippen LogP contribution in [0, 0.1) is 11.7 Å². The highest BCUT2D eigenvalue weighted by molar-refractivity contribution is 5.79. The summed E-state index contributed by atoms with van der Waals surface area (Å²) >= 11 is 0. The number of ether oxygens (including phenoxy) is 1. The van der Waals surface area contributed by atoms with Gasteiger partial charge in [-0.15, -0.1) is 0 Å². The van der Waals surface area contributed by atoms with E-state index in [4.69, 9.17) is 4.74 Å². The van der Waals surface area contributed by atoms with Crippen molar-refractivity contribution in [2.75, 3.05) is 71.0 Å². The number of benzene rings is 1. The van der Waals surface area contributed by atoms with Crippen LogP contribution in [0.5, 0.6) is 0 Å². The topological polar surface area (TPSA) is 65.1 Å². The van der Waals surface area contributed by atoms with Crippen LogP contribution in [0.25, 0.3) is 0 Å². The summed E-state index contributed by atoms with van der Waals surface area (Å²) in [5.41, 5.74) is 0.992. The van der Waals surface area contributed by atoms with Crippen molar-refractivity contribution in [1.29, 1.82) is 0 Å². The van der Waals surface area contributed by atoms with Crippen molar-refractivity contribution in [2.24, 2.45) is 5.92 Å². The number of rotatable bonds is 8. The van der Waals surface area contributed by atoms with Crippen molar-refractivity contribution in [1.82, 2.24) is 15.1 Å². The molecule has 8 heteroatoms. The fourth-order valence-corrected chi connectivity index (χ4v) is 4.08. The quantitative estimate of drug-likeness (QED) is 0.643. The van der Waals surface area contributed by atoms with Gasteiger partial charge < -0.3 is 19.9 Å². The maximum Gasteiger partial charge on any atom is 0.236 e. The summed E-state index contributed by atoms with van der Waals surface area (Å²) in [6.07, 6.45) is 2.41. The molecule has 0 saturated carbocycles. The molecule has 3 rings (SSSR count). The first-order valence-electron chi connectivity index (χ1n) is 10.8. The van der Waals surface area contributed by atoms with Gasteiger partial charge in [0.1, 0.15) is 5.82 Å². The number of nitrogens with zero attached hydrogens (tertiary/aromatic N) is 3. The zero-order chi connectivity index (χ0) is 21.3. The molecular weight excluding hydrogens is 387 g/mol. The Morgan fingerprint density at radius 1 is 1.07 bits per heavy atom. The summed E-state index contributed by atoms with van der Waals surface area (Å²) in [5.74, 6) is 0.0725. The third-order valence-corrected chi connectivity index (χ3v) is 5.97. The summed E-state index contributed by atoms with van der Waals surface area (Å²) in [6, 6.07) is 6.50. The van der Waals surface area contributed by atoms with E-state index in [9.17, 15) is 14.0 Å². The molecule has 30 heavy (non-hydrogen) atoms. The molecular formula is C22H33FN4O3. The highest BCUT2D eigenvalue weighted by Crippen LogP contribution is 2.19. The summed E-state index contributed by atoms with van der Waals surface area (Å²) in [5, 5.41) is 2.98. The summed E-state index contributed by atoms with van der Waals surface area (Å²) in [6.45, 7) is 6.13. The second-order valence-corrected chi connectivity index (χ2v) is 8.03. The number of carbonyl (C=O) groups excluding carboxylic acids is 2. The zero-order valence-electron chi connectivity index (χ0n) is 17.8. The Kier molecular flexibility index (Phi) is 8.45. The molecule has 1 aromatic carbocycles. The van der Waals surface area contributed by atoms with Crippen LogP contribution >= 0.6 is 0 Å². The van der Waals surface area contributed by atoms with E-state index in [2.05, 4.69) is 15.1 Å². The van der Waals surface area contributed by atoms with E-state index in [1.165, 1.54) is 12.1 Å². The van der Waals surface area contributed by atoms with Gasteiger partial charge in [-0.05, 0) is 56.6 Å². The standard InChI is InChI=1S/C22H33FN4O3/c1-30-16-2-9-24-22(29)18-7-10-25(11-8-18)17-21(28)27-14-12-26(13-15-27)20-5-3-19(23)4-6-20/h3-6,18H,2,7-17H2,1H3,(H,24,29). The van der Waals surface area contributed by atoms with Gasteiger partial charge in [0.15, 0.2) is 0 Å². The van der Waals surface area contributed by atoms with Crippen LogP contribution < -0.4 is 10.2 Å². The van der Waals surface area contributed by atoms with Crippen molar-refractivity contribution in [3.63, 3.8) is 0 Å². The molecule has 1 N–H and O–H groups in total. The predicted molar refractivity (Wildman–Crippen MR) is 114 cm³/mol. The number of carbonyl (C=O) groups is 2. The number of likely N-dealkylation sites (tertiary alicyclic amines) is 1. The fraction of sp³-hybridized carbons (Fsp3) is 0.636. The molecule has 0 aliphatic carbocycles.